The van der Waals surface area contributed by atoms with Crippen LogP contribution in [0.4, 0.5) is 0 Å². The Morgan fingerprint density at radius 3 is 0.571 bits per heavy atom. The molecule has 0 nitrogen and oxygen atoms in total. The third-order valence-electron chi connectivity index (χ3n) is 17.1. The maximum Gasteiger partial charge on any atom is -0.0386 e. The molecule has 0 aliphatic rings. The summed E-state index contributed by atoms with van der Waals surface area (Å²) in [6.07, 6.45) is 95.7. The van der Waals surface area contributed by atoms with Crippen molar-refractivity contribution >= 4 is 0 Å². The lowest BCUT2D eigenvalue weighted by molar-refractivity contribution is 0.367. The van der Waals surface area contributed by atoms with Gasteiger partial charge >= 0.3 is 0 Å². The van der Waals surface area contributed by atoms with Crippen molar-refractivity contribution in [2.24, 2.45) is 11.8 Å². The molecule has 0 heteroatoms. The van der Waals surface area contributed by atoms with Crippen LogP contribution >= 0.6 is 0 Å². The molecule has 1 radical (unpaired) electrons. The first-order valence-corrected chi connectivity index (χ1v) is 34.6. The quantitative estimate of drug-likeness (QED) is 0.0533. The van der Waals surface area contributed by atoms with Crippen LogP contribution in [0.25, 0.3) is 0 Å². The van der Waals surface area contributed by atoms with Gasteiger partial charge in [0.05, 0.1) is 0 Å². The SMILES string of the molecule is CCCCCCCCCCCCCCCCCCCCCCCC(CCCC[CH]CCCCCC(C)CCCCCCCCCCCCCCCC)CCCCCCCCCCCCCCCCCC. The van der Waals surface area contributed by atoms with E-state index in [1.165, 1.54) is 405 Å². The molecule has 0 aromatic carbocycles. The number of hydrogen-bond donors (Lipinski definition) is 0. The van der Waals surface area contributed by atoms with Gasteiger partial charge in [0.25, 0.3) is 0 Å². The molecule has 2 atom stereocenters. The Morgan fingerprint density at radius 2 is 0.343 bits per heavy atom. The summed E-state index contributed by atoms with van der Waals surface area (Å²) in [5.41, 5.74) is 0. The van der Waals surface area contributed by atoms with E-state index in [0.717, 1.165) is 11.8 Å². The molecule has 0 saturated carbocycles. The van der Waals surface area contributed by atoms with Gasteiger partial charge in [-0.15, -0.1) is 0 Å². The Labute approximate surface area is 448 Å². The van der Waals surface area contributed by atoms with Gasteiger partial charge in [0, 0.05) is 0 Å². The first-order valence-electron chi connectivity index (χ1n) is 34.6. The van der Waals surface area contributed by atoms with Crippen LogP contribution in [0.15, 0.2) is 0 Å². The average molecular weight is 983 g/mol. The smallest absolute Gasteiger partial charge is 0.0386 e. The summed E-state index contributed by atoms with van der Waals surface area (Å²) in [4.78, 5) is 0. The molecule has 0 aliphatic heterocycles. The predicted molar refractivity (Wildman–Crippen MR) is 325 cm³/mol. The molecular weight excluding hydrogens is 841 g/mol. The van der Waals surface area contributed by atoms with Crippen LogP contribution in [0.5, 0.6) is 0 Å². The fourth-order valence-electron chi connectivity index (χ4n) is 11.9. The van der Waals surface area contributed by atoms with E-state index < -0.39 is 0 Å². The summed E-state index contributed by atoms with van der Waals surface area (Å²) in [6, 6.07) is 0. The summed E-state index contributed by atoms with van der Waals surface area (Å²) in [6.45, 7) is 9.50. The van der Waals surface area contributed by atoms with E-state index in [9.17, 15) is 0 Å². The summed E-state index contributed by atoms with van der Waals surface area (Å²) in [7, 11) is 0. The third-order valence-corrected chi connectivity index (χ3v) is 17.1. The van der Waals surface area contributed by atoms with E-state index in [1.807, 2.05) is 0 Å². The number of unbranched alkanes of at least 4 members (excludes halogenated alkanes) is 55. The fourth-order valence-corrected chi connectivity index (χ4v) is 11.9. The molecule has 0 bridgehead atoms. The van der Waals surface area contributed by atoms with E-state index in [1.54, 1.807) is 0 Å². The van der Waals surface area contributed by atoms with Crippen molar-refractivity contribution in [3.63, 3.8) is 0 Å². The minimum Gasteiger partial charge on any atom is -0.0654 e. The van der Waals surface area contributed by atoms with Crippen LogP contribution in [0.3, 0.4) is 0 Å². The maximum absolute atomic E-state index is 2.67. The van der Waals surface area contributed by atoms with Crippen molar-refractivity contribution < 1.29 is 0 Å². The highest BCUT2D eigenvalue weighted by Gasteiger charge is 2.10. The van der Waals surface area contributed by atoms with Crippen molar-refractivity contribution in [3.8, 4) is 0 Å². The molecule has 0 saturated heterocycles. The van der Waals surface area contributed by atoms with Crippen LogP contribution in [-0.2, 0) is 0 Å². The van der Waals surface area contributed by atoms with Crippen LogP contribution in [-0.4, -0.2) is 0 Å². The molecule has 0 aliphatic carbocycles. The molecule has 0 spiro atoms. The molecule has 0 heterocycles. The van der Waals surface area contributed by atoms with Crippen LogP contribution in [0.1, 0.15) is 432 Å². The van der Waals surface area contributed by atoms with Gasteiger partial charge in [0.15, 0.2) is 0 Å². The number of rotatable bonds is 65. The average Bonchev–Trinajstić information content (AvgIpc) is 3.37. The van der Waals surface area contributed by atoms with E-state index in [4.69, 9.17) is 0 Å². The van der Waals surface area contributed by atoms with Crippen molar-refractivity contribution in [2.75, 3.05) is 0 Å². The summed E-state index contributed by atoms with van der Waals surface area (Å²) in [5.74, 6) is 1.96. The Morgan fingerprint density at radius 1 is 0.186 bits per heavy atom. The molecule has 0 aromatic heterocycles. The highest BCUT2D eigenvalue weighted by molar-refractivity contribution is 4.68. The highest BCUT2D eigenvalue weighted by Crippen LogP contribution is 2.26. The third kappa shape index (κ3) is 62.3. The minimum atomic E-state index is 0.946. The van der Waals surface area contributed by atoms with E-state index in [-0.39, 0.29) is 0 Å². The molecule has 421 valence electrons. The van der Waals surface area contributed by atoms with Gasteiger partial charge in [-0.3, -0.25) is 0 Å². The minimum absolute atomic E-state index is 0.946. The van der Waals surface area contributed by atoms with Gasteiger partial charge in [-0.2, -0.15) is 0 Å². The van der Waals surface area contributed by atoms with Gasteiger partial charge in [0.1, 0.15) is 0 Å². The molecule has 70 heavy (non-hydrogen) atoms. The Hall–Kier alpha value is 0. The highest BCUT2D eigenvalue weighted by atomic mass is 14.2. The van der Waals surface area contributed by atoms with Crippen molar-refractivity contribution in [2.45, 2.75) is 432 Å². The monoisotopic (exact) mass is 982 g/mol. The van der Waals surface area contributed by atoms with E-state index in [0.29, 0.717) is 0 Å². The first kappa shape index (κ1) is 70.0. The Kier molecular flexibility index (Phi) is 65.1. The van der Waals surface area contributed by atoms with E-state index >= 15 is 0 Å². The second-order valence-electron chi connectivity index (χ2n) is 24.5. The fraction of sp³-hybridized carbons (Fsp3) is 0.986. The van der Waals surface area contributed by atoms with Crippen molar-refractivity contribution in [1.82, 2.24) is 0 Å². The number of hydrogen-bond acceptors (Lipinski definition) is 0. The molecule has 0 rings (SSSR count). The second kappa shape index (κ2) is 65.1. The molecule has 0 fully saturated rings. The first-order chi connectivity index (χ1) is 34.7. The van der Waals surface area contributed by atoms with Crippen molar-refractivity contribution in [1.29, 1.82) is 0 Å². The van der Waals surface area contributed by atoms with Crippen molar-refractivity contribution in [3.05, 3.63) is 6.42 Å². The lowest BCUT2D eigenvalue weighted by Gasteiger charge is -2.17. The molecule has 0 aromatic rings. The van der Waals surface area contributed by atoms with Gasteiger partial charge in [-0.25, -0.2) is 0 Å². The van der Waals surface area contributed by atoms with Crippen LogP contribution in [0, 0.1) is 18.3 Å². The molecular formula is C70H141. The standard InChI is InChI=1S/C70H141/c1-5-8-11-14-17-20-23-26-29-31-32-33-34-35-37-40-43-46-52-57-62-67-70(66-61-56-51-45-42-39-36-30-27-24-21-18-15-12-9-6-2)68-63-58-53-48-47-50-55-60-65-69(4)64-59-54-49-44-41-38-28-25-22-19-16-13-10-7-3/h48,69-70H,5-47,49-68H2,1-4H3. The zero-order chi connectivity index (χ0) is 50.4. The maximum atomic E-state index is 2.67. The Bertz CT molecular complexity index is 858. The lowest BCUT2D eigenvalue weighted by atomic mass is 9.89. The summed E-state index contributed by atoms with van der Waals surface area (Å²) in [5, 5.41) is 0. The topological polar surface area (TPSA) is 0 Å². The summed E-state index contributed by atoms with van der Waals surface area (Å²) >= 11 is 0. The zero-order valence-electron chi connectivity index (χ0n) is 50.3. The second-order valence-corrected chi connectivity index (χ2v) is 24.5. The molecule has 2 unspecified atom stereocenters. The van der Waals surface area contributed by atoms with Crippen LogP contribution in [0.2, 0.25) is 0 Å². The van der Waals surface area contributed by atoms with Gasteiger partial charge < -0.3 is 0 Å². The van der Waals surface area contributed by atoms with E-state index in [2.05, 4.69) is 34.1 Å². The summed E-state index contributed by atoms with van der Waals surface area (Å²) < 4.78 is 0. The zero-order valence-corrected chi connectivity index (χ0v) is 50.3. The Balaban J connectivity index is 3.99. The predicted octanol–water partition coefficient (Wildman–Crippen LogP) is 27.1. The van der Waals surface area contributed by atoms with Gasteiger partial charge in [-0.1, -0.05) is 432 Å². The van der Waals surface area contributed by atoms with Gasteiger partial charge in [0.2, 0.25) is 0 Å². The largest absolute Gasteiger partial charge is 0.0654 e. The molecule has 0 amide bonds. The lowest BCUT2D eigenvalue weighted by Crippen LogP contribution is -2.02. The normalized spacial score (nSPS) is 12.7. The van der Waals surface area contributed by atoms with Crippen LogP contribution < -0.4 is 0 Å². The van der Waals surface area contributed by atoms with Gasteiger partial charge in [-0.05, 0) is 18.3 Å². The molecule has 0 N–H and O–H groups in total.